The van der Waals surface area contributed by atoms with Gasteiger partial charge < -0.3 is 10.6 Å². The minimum absolute atomic E-state index is 0.155. The molecule has 1 aromatic heterocycles. The third-order valence-electron chi connectivity index (χ3n) is 3.20. The third-order valence-corrected chi connectivity index (χ3v) is 4.09. The number of hydrogen-bond acceptors (Lipinski definition) is 4. The van der Waals surface area contributed by atoms with Gasteiger partial charge in [-0.15, -0.1) is 0 Å². The molecule has 0 saturated heterocycles. The zero-order chi connectivity index (χ0) is 17.8. The van der Waals surface area contributed by atoms with E-state index in [0.29, 0.717) is 32.3 Å². The summed E-state index contributed by atoms with van der Waals surface area (Å²) in [5.74, 6) is 0.0198. The summed E-state index contributed by atoms with van der Waals surface area (Å²) in [6.07, 6.45) is 2.78. The second-order valence-electron chi connectivity index (χ2n) is 4.97. The molecular weight excluding hydrogens is 383 g/mol. The summed E-state index contributed by atoms with van der Waals surface area (Å²) in [7, 11) is 0. The van der Waals surface area contributed by atoms with Crippen LogP contribution in [0.25, 0.3) is 0 Å². The van der Waals surface area contributed by atoms with E-state index in [2.05, 4.69) is 20.6 Å². The number of amides is 1. The maximum Gasteiger partial charge on any atom is 0.275 e. The molecule has 2 aromatic carbocycles. The highest BCUT2D eigenvalue weighted by atomic mass is 35.5. The summed E-state index contributed by atoms with van der Waals surface area (Å²) < 4.78 is 0. The first-order valence-corrected chi connectivity index (χ1v) is 8.26. The molecular formula is C17H11Cl3N4O. The van der Waals surface area contributed by atoms with Crippen LogP contribution in [0.5, 0.6) is 0 Å². The van der Waals surface area contributed by atoms with Crippen molar-refractivity contribution >= 4 is 57.9 Å². The van der Waals surface area contributed by atoms with Crippen LogP contribution in [0.1, 0.15) is 10.5 Å². The second-order valence-corrected chi connectivity index (χ2v) is 6.22. The number of nitrogens with zero attached hydrogens (tertiary/aromatic N) is 2. The van der Waals surface area contributed by atoms with E-state index in [1.54, 1.807) is 42.5 Å². The molecule has 1 amide bonds. The summed E-state index contributed by atoms with van der Waals surface area (Å²) in [5.41, 5.74) is 1.25. The fraction of sp³-hybridized carbons (Fsp3) is 0. The van der Waals surface area contributed by atoms with Gasteiger partial charge in [0.1, 0.15) is 11.5 Å². The molecule has 0 aliphatic rings. The summed E-state index contributed by atoms with van der Waals surface area (Å²) in [4.78, 5) is 20.5. The highest BCUT2D eigenvalue weighted by Crippen LogP contribution is 2.27. The molecule has 0 bridgehead atoms. The number of carbonyl (C=O) groups excluding carboxylic acids is 1. The Morgan fingerprint density at radius 2 is 1.64 bits per heavy atom. The van der Waals surface area contributed by atoms with Crippen LogP contribution in [0.15, 0.2) is 54.9 Å². The van der Waals surface area contributed by atoms with Gasteiger partial charge in [0.25, 0.3) is 5.91 Å². The fourth-order valence-corrected chi connectivity index (χ4v) is 2.51. The molecule has 0 saturated carbocycles. The third kappa shape index (κ3) is 4.39. The lowest BCUT2D eigenvalue weighted by atomic mass is 10.3. The van der Waals surface area contributed by atoms with Crippen molar-refractivity contribution in [2.24, 2.45) is 0 Å². The zero-order valence-electron chi connectivity index (χ0n) is 12.6. The minimum atomic E-state index is -0.409. The predicted octanol–water partition coefficient (Wildman–Crippen LogP) is 5.43. The number of benzene rings is 2. The van der Waals surface area contributed by atoms with Gasteiger partial charge in [0.05, 0.1) is 33.8 Å². The summed E-state index contributed by atoms with van der Waals surface area (Å²) >= 11 is 18.0. The van der Waals surface area contributed by atoms with Crippen LogP contribution < -0.4 is 10.6 Å². The van der Waals surface area contributed by atoms with E-state index in [4.69, 9.17) is 34.8 Å². The first-order chi connectivity index (χ1) is 12.0. The molecule has 0 radical (unpaired) electrons. The van der Waals surface area contributed by atoms with Crippen molar-refractivity contribution in [3.8, 4) is 0 Å². The highest BCUT2D eigenvalue weighted by Gasteiger charge is 2.11. The molecule has 5 nitrogen and oxygen atoms in total. The molecule has 8 heteroatoms. The summed E-state index contributed by atoms with van der Waals surface area (Å²) in [6, 6.07) is 12.0. The van der Waals surface area contributed by atoms with Gasteiger partial charge in [0.2, 0.25) is 0 Å². The first-order valence-electron chi connectivity index (χ1n) is 7.13. The van der Waals surface area contributed by atoms with E-state index in [1.807, 2.05) is 0 Å². The van der Waals surface area contributed by atoms with Gasteiger partial charge in [-0.05, 0) is 30.3 Å². The Morgan fingerprint density at radius 3 is 2.36 bits per heavy atom. The maximum absolute atomic E-state index is 12.2. The molecule has 3 aromatic rings. The van der Waals surface area contributed by atoms with Crippen molar-refractivity contribution in [1.29, 1.82) is 0 Å². The van der Waals surface area contributed by atoms with Gasteiger partial charge in [-0.1, -0.05) is 46.9 Å². The van der Waals surface area contributed by atoms with Crippen LogP contribution in [0, 0.1) is 0 Å². The number of aromatic nitrogens is 2. The van der Waals surface area contributed by atoms with Crippen molar-refractivity contribution in [2.75, 3.05) is 10.6 Å². The number of carbonyl (C=O) groups is 1. The van der Waals surface area contributed by atoms with Crippen molar-refractivity contribution in [3.63, 3.8) is 0 Å². The van der Waals surface area contributed by atoms with Crippen LogP contribution in [0.3, 0.4) is 0 Å². The number of hydrogen-bond donors (Lipinski definition) is 2. The normalized spacial score (nSPS) is 10.4. The van der Waals surface area contributed by atoms with E-state index in [1.165, 1.54) is 12.4 Å². The van der Waals surface area contributed by atoms with Gasteiger partial charge in [-0.3, -0.25) is 4.79 Å². The zero-order valence-corrected chi connectivity index (χ0v) is 14.9. The number of rotatable bonds is 4. The van der Waals surface area contributed by atoms with E-state index >= 15 is 0 Å². The number of halogens is 3. The Hall–Kier alpha value is -2.34. The average molecular weight is 394 g/mol. The molecule has 0 spiro atoms. The number of anilines is 3. The minimum Gasteiger partial charge on any atom is -0.338 e. The first kappa shape index (κ1) is 17.5. The smallest absolute Gasteiger partial charge is 0.275 e. The Kier molecular flexibility index (Phi) is 5.38. The fourth-order valence-electron chi connectivity index (χ4n) is 1.99. The lowest BCUT2D eigenvalue weighted by molar-refractivity contribution is 0.102. The Labute approximate surface area is 159 Å². The molecule has 0 unspecified atom stereocenters. The average Bonchev–Trinajstić information content (AvgIpc) is 2.61. The Bertz CT molecular complexity index is 916. The van der Waals surface area contributed by atoms with Crippen LogP contribution in [0.4, 0.5) is 17.2 Å². The quantitative estimate of drug-likeness (QED) is 0.620. The number of para-hydroxylation sites is 1. The molecule has 0 atom stereocenters. The van der Waals surface area contributed by atoms with Crippen molar-refractivity contribution in [1.82, 2.24) is 9.97 Å². The van der Waals surface area contributed by atoms with E-state index in [-0.39, 0.29) is 5.69 Å². The highest BCUT2D eigenvalue weighted by molar-refractivity contribution is 6.35. The largest absolute Gasteiger partial charge is 0.338 e. The van der Waals surface area contributed by atoms with Gasteiger partial charge >= 0.3 is 0 Å². The Morgan fingerprint density at radius 1 is 0.880 bits per heavy atom. The number of nitrogens with one attached hydrogen (secondary N) is 2. The van der Waals surface area contributed by atoms with Gasteiger partial charge in [0.15, 0.2) is 0 Å². The van der Waals surface area contributed by atoms with Crippen LogP contribution in [0.2, 0.25) is 15.1 Å². The molecule has 3 rings (SSSR count). The molecule has 126 valence electrons. The predicted molar refractivity (Wildman–Crippen MR) is 101 cm³/mol. The summed E-state index contributed by atoms with van der Waals surface area (Å²) in [6.45, 7) is 0. The van der Waals surface area contributed by atoms with E-state index in [0.717, 1.165) is 0 Å². The van der Waals surface area contributed by atoms with Crippen LogP contribution in [-0.2, 0) is 0 Å². The van der Waals surface area contributed by atoms with Gasteiger partial charge in [-0.25, -0.2) is 9.97 Å². The monoisotopic (exact) mass is 392 g/mol. The second kappa shape index (κ2) is 7.70. The van der Waals surface area contributed by atoms with Crippen LogP contribution in [-0.4, -0.2) is 15.9 Å². The lowest BCUT2D eigenvalue weighted by Crippen LogP contribution is -2.14. The van der Waals surface area contributed by atoms with Gasteiger partial charge in [-0.2, -0.15) is 0 Å². The molecule has 25 heavy (non-hydrogen) atoms. The van der Waals surface area contributed by atoms with E-state index < -0.39 is 5.91 Å². The topological polar surface area (TPSA) is 66.9 Å². The van der Waals surface area contributed by atoms with E-state index in [9.17, 15) is 4.79 Å². The standard InChI is InChI=1S/C17H11Cl3N4O/c18-10-5-6-12(20)14(7-10)23-16-9-21-15(8-22-16)17(25)24-13-4-2-1-3-11(13)19/h1-9H,(H,22,23)(H,24,25). The molecule has 0 aliphatic heterocycles. The molecule has 1 heterocycles. The van der Waals surface area contributed by atoms with Crippen molar-refractivity contribution in [3.05, 3.63) is 75.6 Å². The van der Waals surface area contributed by atoms with Crippen LogP contribution >= 0.6 is 34.8 Å². The summed E-state index contributed by atoms with van der Waals surface area (Å²) in [5, 5.41) is 7.15. The molecule has 0 fully saturated rings. The van der Waals surface area contributed by atoms with Crippen molar-refractivity contribution in [2.45, 2.75) is 0 Å². The van der Waals surface area contributed by atoms with Crippen molar-refractivity contribution < 1.29 is 4.79 Å². The van der Waals surface area contributed by atoms with Gasteiger partial charge in [0, 0.05) is 5.02 Å². The lowest BCUT2D eigenvalue weighted by Gasteiger charge is -2.09. The molecule has 0 aliphatic carbocycles. The Balaban J connectivity index is 1.72. The molecule has 2 N–H and O–H groups in total. The SMILES string of the molecule is O=C(Nc1ccccc1Cl)c1cnc(Nc2cc(Cl)ccc2Cl)cn1. The maximum atomic E-state index is 12.2.